The Bertz CT molecular complexity index is 1010. The maximum atomic E-state index is 14.0. The molecule has 0 radical (unpaired) electrons. The van der Waals surface area contributed by atoms with Crippen molar-refractivity contribution in [1.29, 1.82) is 0 Å². The van der Waals surface area contributed by atoms with Gasteiger partial charge in [0.25, 0.3) is 0 Å². The van der Waals surface area contributed by atoms with Crippen LogP contribution in [0, 0.1) is 5.82 Å². The number of nitrogens with one attached hydrogen (secondary N) is 1. The molecule has 0 unspecified atom stereocenters. The van der Waals surface area contributed by atoms with E-state index in [9.17, 15) is 4.39 Å². The summed E-state index contributed by atoms with van der Waals surface area (Å²) in [6.45, 7) is 1.32. The molecule has 0 spiro atoms. The van der Waals surface area contributed by atoms with Gasteiger partial charge in [-0.15, -0.1) is 0 Å². The molecule has 0 saturated carbocycles. The lowest BCUT2D eigenvalue weighted by Crippen LogP contribution is -2.17. The molecule has 0 amide bonds. The van der Waals surface area contributed by atoms with Crippen molar-refractivity contribution in [1.82, 2.24) is 5.32 Å². The third-order valence-electron chi connectivity index (χ3n) is 4.81. The molecule has 4 nitrogen and oxygen atoms in total. The molecule has 0 aliphatic carbocycles. The van der Waals surface area contributed by atoms with Gasteiger partial charge in [0.1, 0.15) is 18.2 Å². The predicted molar refractivity (Wildman–Crippen MR) is 122 cm³/mol. The summed E-state index contributed by atoms with van der Waals surface area (Å²) in [5.74, 6) is 1.64. The fourth-order valence-electron chi connectivity index (χ4n) is 3.14. The van der Waals surface area contributed by atoms with E-state index in [0.29, 0.717) is 39.4 Å². The highest BCUT2D eigenvalue weighted by atomic mass is 35.5. The fraction of sp³-hybridized carbons (Fsp3) is 0.250. The fourth-order valence-corrected chi connectivity index (χ4v) is 3.55. The van der Waals surface area contributed by atoms with Crippen LogP contribution in [0.2, 0.25) is 10.0 Å². The molecule has 0 aliphatic heterocycles. The Labute approximate surface area is 191 Å². The average molecular weight is 464 g/mol. The van der Waals surface area contributed by atoms with Crippen molar-refractivity contribution >= 4 is 23.2 Å². The molecule has 3 aromatic carbocycles. The zero-order valence-electron chi connectivity index (χ0n) is 17.4. The zero-order chi connectivity index (χ0) is 22.2. The second kappa shape index (κ2) is 11.2. The highest BCUT2D eigenvalue weighted by Crippen LogP contribution is 2.28. The third kappa shape index (κ3) is 6.26. The van der Waals surface area contributed by atoms with Crippen LogP contribution in [-0.4, -0.2) is 20.8 Å². The molecule has 0 atom stereocenters. The maximum absolute atomic E-state index is 14.0. The summed E-state index contributed by atoms with van der Waals surface area (Å²) in [6, 6.07) is 15.8. The molecule has 0 bridgehead atoms. The van der Waals surface area contributed by atoms with Crippen molar-refractivity contribution in [2.24, 2.45) is 0 Å². The van der Waals surface area contributed by atoms with Crippen molar-refractivity contribution < 1.29 is 18.6 Å². The molecule has 0 aromatic heterocycles. The summed E-state index contributed by atoms with van der Waals surface area (Å²) in [6.07, 6.45) is 0.807. The summed E-state index contributed by atoms with van der Waals surface area (Å²) < 4.78 is 30.5. The first kappa shape index (κ1) is 23.2. The van der Waals surface area contributed by atoms with Crippen LogP contribution in [0.15, 0.2) is 54.6 Å². The maximum Gasteiger partial charge on any atom is 0.160 e. The van der Waals surface area contributed by atoms with Crippen LogP contribution in [0.4, 0.5) is 4.39 Å². The Morgan fingerprint density at radius 1 is 0.903 bits per heavy atom. The molecular weight excluding hydrogens is 440 g/mol. The summed E-state index contributed by atoms with van der Waals surface area (Å²) in [5, 5.41) is 4.34. The number of ether oxygens (including phenoxy) is 3. The first-order chi connectivity index (χ1) is 15.0. The Hall–Kier alpha value is -2.47. The van der Waals surface area contributed by atoms with Gasteiger partial charge >= 0.3 is 0 Å². The molecule has 0 aliphatic rings. The molecule has 0 fully saturated rings. The van der Waals surface area contributed by atoms with Gasteiger partial charge in [0.15, 0.2) is 11.5 Å². The van der Waals surface area contributed by atoms with Crippen LogP contribution in [-0.2, 0) is 19.6 Å². The molecule has 164 valence electrons. The van der Waals surface area contributed by atoms with Gasteiger partial charge in [-0.05, 0) is 61.0 Å². The lowest BCUT2D eigenvalue weighted by atomic mass is 10.1. The normalized spacial score (nSPS) is 10.7. The predicted octanol–water partition coefficient (Wildman–Crippen LogP) is 6.06. The van der Waals surface area contributed by atoms with Crippen molar-refractivity contribution in [2.45, 2.75) is 19.6 Å². The van der Waals surface area contributed by atoms with E-state index < -0.39 is 5.82 Å². The Morgan fingerprint density at radius 2 is 1.68 bits per heavy atom. The largest absolute Gasteiger partial charge is 0.493 e. The van der Waals surface area contributed by atoms with Crippen LogP contribution in [0.25, 0.3) is 0 Å². The first-order valence-corrected chi connectivity index (χ1v) is 10.5. The van der Waals surface area contributed by atoms with Crippen LogP contribution in [0.5, 0.6) is 17.2 Å². The number of hydrogen-bond acceptors (Lipinski definition) is 4. The Balaban J connectivity index is 1.60. The number of hydrogen-bond donors (Lipinski definition) is 1. The lowest BCUT2D eigenvalue weighted by Gasteiger charge is -2.14. The minimum absolute atomic E-state index is 0.0335. The quantitative estimate of drug-likeness (QED) is 0.370. The van der Waals surface area contributed by atoms with Crippen LogP contribution >= 0.6 is 23.2 Å². The third-order valence-corrected chi connectivity index (χ3v) is 5.40. The molecule has 7 heteroatoms. The first-order valence-electron chi connectivity index (χ1n) is 9.77. The summed E-state index contributed by atoms with van der Waals surface area (Å²) in [7, 11) is 3.24. The molecular formula is C24H24Cl2FNO3. The monoisotopic (exact) mass is 463 g/mol. The van der Waals surface area contributed by atoms with E-state index in [1.54, 1.807) is 38.5 Å². The minimum Gasteiger partial charge on any atom is -0.493 e. The second-order valence-electron chi connectivity index (χ2n) is 6.86. The summed E-state index contributed by atoms with van der Waals surface area (Å²) in [5.41, 5.74) is 2.33. The number of halogens is 3. The Morgan fingerprint density at radius 3 is 2.42 bits per heavy atom. The van der Waals surface area contributed by atoms with E-state index in [-0.39, 0.29) is 6.61 Å². The number of rotatable bonds is 10. The standard InChI is InChI=1S/C24H24Cl2FNO3/c1-29-23-8-6-16(12-24(23)30-2)10-11-28-14-17-13-18(25)7-9-22(17)31-15-19-20(26)4-3-5-21(19)27/h3-9,12-13,28H,10-11,14-15H2,1-2H3. The van der Waals surface area contributed by atoms with Gasteiger partial charge in [-0.1, -0.05) is 35.3 Å². The van der Waals surface area contributed by atoms with Crippen molar-refractivity contribution in [3.05, 3.63) is 87.2 Å². The molecule has 31 heavy (non-hydrogen) atoms. The van der Waals surface area contributed by atoms with Gasteiger partial charge in [0.05, 0.1) is 19.2 Å². The van der Waals surface area contributed by atoms with E-state index in [0.717, 1.165) is 24.1 Å². The topological polar surface area (TPSA) is 39.7 Å². The van der Waals surface area contributed by atoms with Crippen molar-refractivity contribution in [3.8, 4) is 17.2 Å². The van der Waals surface area contributed by atoms with Crippen molar-refractivity contribution in [2.75, 3.05) is 20.8 Å². The van der Waals surface area contributed by atoms with Crippen molar-refractivity contribution in [3.63, 3.8) is 0 Å². The Kier molecular flexibility index (Phi) is 8.41. The minimum atomic E-state index is -0.393. The van der Waals surface area contributed by atoms with E-state index >= 15 is 0 Å². The highest BCUT2D eigenvalue weighted by Gasteiger charge is 2.11. The molecule has 1 N–H and O–H groups in total. The van der Waals surface area contributed by atoms with Crippen LogP contribution in [0.1, 0.15) is 16.7 Å². The zero-order valence-corrected chi connectivity index (χ0v) is 18.9. The second-order valence-corrected chi connectivity index (χ2v) is 7.70. The van der Waals surface area contributed by atoms with E-state index in [1.807, 2.05) is 24.3 Å². The highest BCUT2D eigenvalue weighted by molar-refractivity contribution is 6.31. The molecule has 3 rings (SSSR count). The number of methoxy groups -OCH3 is 2. The lowest BCUT2D eigenvalue weighted by molar-refractivity contribution is 0.296. The molecule has 0 saturated heterocycles. The van der Waals surface area contributed by atoms with Gasteiger partial charge in [-0.2, -0.15) is 0 Å². The van der Waals surface area contributed by atoms with Gasteiger partial charge in [-0.3, -0.25) is 0 Å². The van der Waals surface area contributed by atoms with Gasteiger partial charge in [0.2, 0.25) is 0 Å². The van der Waals surface area contributed by atoms with E-state index in [4.69, 9.17) is 37.4 Å². The van der Waals surface area contributed by atoms with Gasteiger partial charge in [-0.25, -0.2) is 4.39 Å². The van der Waals surface area contributed by atoms with E-state index in [2.05, 4.69) is 5.32 Å². The van der Waals surface area contributed by atoms with Gasteiger partial charge < -0.3 is 19.5 Å². The van der Waals surface area contributed by atoms with Crippen LogP contribution < -0.4 is 19.5 Å². The van der Waals surface area contributed by atoms with E-state index in [1.165, 1.54) is 6.07 Å². The molecule has 3 aromatic rings. The molecule has 0 heterocycles. The number of benzene rings is 3. The van der Waals surface area contributed by atoms with Gasteiger partial charge in [0, 0.05) is 22.7 Å². The summed E-state index contributed by atoms with van der Waals surface area (Å²) in [4.78, 5) is 0. The average Bonchev–Trinajstić information content (AvgIpc) is 2.77. The summed E-state index contributed by atoms with van der Waals surface area (Å²) >= 11 is 12.3. The smallest absolute Gasteiger partial charge is 0.160 e. The SMILES string of the molecule is COc1ccc(CCNCc2cc(Cl)ccc2OCc2c(F)cccc2Cl)cc1OC. The van der Waals surface area contributed by atoms with Crippen LogP contribution in [0.3, 0.4) is 0 Å².